The first-order valence-electron chi connectivity index (χ1n) is 8.81. The number of rotatable bonds is 5. The second kappa shape index (κ2) is 8.73. The molecular weight excluding hydrogens is 399 g/mol. The van der Waals surface area contributed by atoms with Crippen molar-refractivity contribution in [2.45, 2.75) is 19.2 Å². The van der Waals surface area contributed by atoms with Crippen LogP contribution < -0.4 is 5.32 Å². The second-order valence-corrected chi connectivity index (χ2v) is 6.26. The summed E-state index contributed by atoms with van der Waals surface area (Å²) in [5.74, 6) is -1.57. The van der Waals surface area contributed by atoms with Gasteiger partial charge in [-0.05, 0) is 43.3 Å². The van der Waals surface area contributed by atoms with Gasteiger partial charge in [0, 0.05) is 11.8 Å². The van der Waals surface area contributed by atoms with E-state index in [-0.39, 0.29) is 5.69 Å². The number of para-hydroxylation sites is 2. The smallest absolute Gasteiger partial charge is 0.416 e. The molecule has 0 aliphatic heterocycles. The Morgan fingerprint density at radius 1 is 1.10 bits per heavy atom. The average Bonchev–Trinajstić information content (AvgIpc) is 2.71. The van der Waals surface area contributed by atoms with Crippen LogP contribution in [-0.2, 0) is 20.5 Å². The van der Waals surface area contributed by atoms with Crippen LogP contribution in [0.25, 0.3) is 17.1 Å². The van der Waals surface area contributed by atoms with Gasteiger partial charge >= 0.3 is 12.1 Å². The van der Waals surface area contributed by atoms with Gasteiger partial charge in [-0.25, -0.2) is 9.78 Å². The summed E-state index contributed by atoms with van der Waals surface area (Å²) < 4.78 is 43.2. The number of esters is 1. The van der Waals surface area contributed by atoms with Gasteiger partial charge in [0.2, 0.25) is 0 Å². The topological polar surface area (TPSA) is 81.2 Å². The molecule has 0 fully saturated rings. The van der Waals surface area contributed by atoms with E-state index in [2.05, 4.69) is 15.3 Å². The molecule has 30 heavy (non-hydrogen) atoms. The normalized spacial score (nSPS) is 12.7. The molecule has 1 N–H and O–H groups in total. The maximum Gasteiger partial charge on any atom is 0.416 e. The first-order valence-corrected chi connectivity index (χ1v) is 8.81. The van der Waals surface area contributed by atoms with Crippen LogP contribution in [0.3, 0.4) is 0 Å². The Morgan fingerprint density at radius 2 is 1.83 bits per heavy atom. The molecule has 0 spiro atoms. The number of nitrogens with zero attached hydrogens (tertiary/aromatic N) is 2. The number of halogens is 3. The van der Waals surface area contributed by atoms with Crippen LogP contribution in [0.1, 0.15) is 18.2 Å². The molecule has 0 radical (unpaired) electrons. The van der Waals surface area contributed by atoms with Crippen LogP contribution in [0.2, 0.25) is 0 Å². The zero-order chi connectivity index (χ0) is 21.7. The van der Waals surface area contributed by atoms with Crippen molar-refractivity contribution in [1.82, 2.24) is 9.97 Å². The van der Waals surface area contributed by atoms with Crippen LogP contribution in [0, 0.1) is 0 Å². The van der Waals surface area contributed by atoms with Crippen LogP contribution in [-0.4, -0.2) is 27.9 Å². The number of alkyl halides is 3. The number of nitrogens with one attached hydrogen (secondary N) is 1. The van der Waals surface area contributed by atoms with Crippen molar-refractivity contribution in [1.29, 1.82) is 0 Å². The fourth-order valence-corrected chi connectivity index (χ4v) is 2.49. The molecule has 0 bridgehead atoms. The van der Waals surface area contributed by atoms with Gasteiger partial charge in [-0.15, -0.1) is 0 Å². The lowest BCUT2D eigenvalue weighted by atomic mass is 10.2. The number of hydrogen-bond acceptors (Lipinski definition) is 5. The van der Waals surface area contributed by atoms with Crippen molar-refractivity contribution < 1.29 is 27.5 Å². The predicted molar refractivity (Wildman–Crippen MR) is 104 cm³/mol. The van der Waals surface area contributed by atoms with Gasteiger partial charge in [-0.2, -0.15) is 13.2 Å². The molecule has 6 nitrogen and oxygen atoms in total. The fraction of sp³-hybridized carbons (Fsp3) is 0.143. The van der Waals surface area contributed by atoms with Gasteiger partial charge < -0.3 is 10.1 Å². The lowest BCUT2D eigenvalue weighted by molar-refractivity contribution is -0.148. The van der Waals surface area contributed by atoms with E-state index in [1.54, 1.807) is 12.1 Å². The molecule has 0 saturated carbocycles. The zero-order valence-electron chi connectivity index (χ0n) is 15.7. The maximum atomic E-state index is 12.7. The van der Waals surface area contributed by atoms with E-state index in [0.717, 1.165) is 18.2 Å². The fourth-order valence-electron chi connectivity index (χ4n) is 2.49. The summed E-state index contributed by atoms with van der Waals surface area (Å²) in [7, 11) is 0. The quantitative estimate of drug-likeness (QED) is 0.498. The maximum absolute atomic E-state index is 12.7. The molecule has 3 aromatic rings. The number of aromatic nitrogens is 2. The number of benzene rings is 2. The molecule has 3 rings (SSSR count). The summed E-state index contributed by atoms with van der Waals surface area (Å²) in [5.41, 5.74) is 0.828. The van der Waals surface area contributed by atoms with Crippen molar-refractivity contribution in [2.75, 3.05) is 5.32 Å². The van der Waals surface area contributed by atoms with E-state index in [9.17, 15) is 22.8 Å². The third-order valence-corrected chi connectivity index (χ3v) is 3.98. The van der Waals surface area contributed by atoms with Crippen LogP contribution in [0.4, 0.5) is 18.9 Å². The van der Waals surface area contributed by atoms with Crippen LogP contribution in [0.5, 0.6) is 0 Å². The SMILES string of the molecule is C[C@@H](OC(=O)/C=C/c1cnc2ccccc2n1)C(=O)Nc1cccc(C(F)(F)F)c1. The standard InChI is InChI=1S/C21H16F3N3O3/c1-13(20(29)27-15-6-4-5-14(11-15)21(22,23)24)30-19(28)10-9-16-12-25-17-7-2-3-8-18(17)26-16/h2-13H,1H3,(H,27,29)/b10-9+/t13-/m1/s1. The number of anilines is 1. The van der Waals surface area contributed by atoms with Crippen molar-refractivity contribution in [3.63, 3.8) is 0 Å². The lowest BCUT2D eigenvalue weighted by Crippen LogP contribution is -2.29. The molecule has 1 amide bonds. The molecule has 1 heterocycles. The largest absolute Gasteiger partial charge is 0.449 e. The first-order chi connectivity index (χ1) is 14.2. The zero-order valence-corrected chi connectivity index (χ0v) is 15.7. The minimum Gasteiger partial charge on any atom is -0.449 e. The van der Waals surface area contributed by atoms with Gasteiger partial charge in [0.15, 0.2) is 6.10 Å². The van der Waals surface area contributed by atoms with E-state index >= 15 is 0 Å². The van der Waals surface area contributed by atoms with E-state index in [0.29, 0.717) is 16.7 Å². The summed E-state index contributed by atoms with van der Waals surface area (Å²) in [5, 5.41) is 2.29. The lowest BCUT2D eigenvalue weighted by Gasteiger charge is -2.13. The summed E-state index contributed by atoms with van der Waals surface area (Å²) in [6, 6.07) is 11.4. The second-order valence-electron chi connectivity index (χ2n) is 6.26. The van der Waals surface area contributed by atoms with Crippen LogP contribution >= 0.6 is 0 Å². The van der Waals surface area contributed by atoms with Crippen molar-refractivity contribution in [3.05, 3.63) is 72.1 Å². The molecule has 1 atom stereocenters. The molecule has 154 valence electrons. The monoisotopic (exact) mass is 415 g/mol. The van der Waals surface area contributed by atoms with Gasteiger partial charge in [-0.1, -0.05) is 18.2 Å². The van der Waals surface area contributed by atoms with Gasteiger partial charge in [-0.3, -0.25) is 9.78 Å². The third-order valence-electron chi connectivity index (χ3n) is 3.98. The van der Waals surface area contributed by atoms with Gasteiger partial charge in [0.25, 0.3) is 5.91 Å². The Morgan fingerprint density at radius 3 is 2.57 bits per heavy atom. The van der Waals surface area contributed by atoms with Crippen molar-refractivity contribution >= 4 is 34.7 Å². The van der Waals surface area contributed by atoms with E-state index in [4.69, 9.17) is 4.74 Å². The Balaban J connectivity index is 1.59. The minimum atomic E-state index is -4.53. The molecule has 0 aliphatic rings. The number of carbonyl (C=O) groups excluding carboxylic acids is 2. The molecule has 2 aromatic carbocycles. The molecular formula is C21H16F3N3O3. The Bertz CT molecular complexity index is 1110. The molecule has 0 unspecified atom stereocenters. The molecule has 1 aromatic heterocycles. The Hall–Kier alpha value is -3.75. The number of hydrogen-bond donors (Lipinski definition) is 1. The summed E-state index contributed by atoms with van der Waals surface area (Å²) in [6.07, 6.45) is -1.80. The summed E-state index contributed by atoms with van der Waals surface area (Å²) in [4.78, 5) is 32.6. The highest BCUT2D eigenvalue weighted by molar-refractivity contribution is 5.96. The predicted octanol–water partition coefficient (Wildman–Crippen LogP) is 4.23. The number of fused-ring (bicyclic) bond motifs is 1. The Labute approximate surface area is 169 Å². The van der Waals surface area contributed by atoms with Gasteiger partial charge in [0.05, 0.1) is 28.5 Å². The van der Waals surface area contributed by atoms with E-state index in [1.165, 1.54) is 31.3 Å². The summed E-state index contributed by atoms with van der Waals surface area (Å²) >= 11 is 0. The highest BCUT2D eigenvalue weighted by Crippen LogP contribution is 2.30. The first kappa shape index (κ1) is 21.0. The van der Waals surface area contributed by atoms with Crippen molar-refractivity contribution in [2.24, 2.45) is 0 Å². The highest BCUT2D eigenvalue weighted by atomic mass is 19.4. The minimum absolute atomic E-state index is 0.0558. The number of amides is 1. The Kier molecular flexibility index (Phi) is 6.10. The van der Waals surface area contributed by atoms with Crippen LogP contribution in [0.15, 0.2) is 60.8 Å². The third kappa shape index (κ3) is 5.40. The number of carbonyl (C=O) groups is 2. The molecule has 9 heteroatoms. The number of ether oxygens (including phenoxy) is 1. The highest BCUT2D eigenvalue weighted by Gasteiger charge is 2.30. The van der Waals surface area contributed by atoms with E-state index in [1.807, 2.05) is 12.1 Å². The van der Waals surface area contributed by atoms with E-state index < -0.39 is 29.7 Å². The van der Waals surface area contributed by atoms with Crippen molar-refractivity contribution in [3.8, 4) is 0 Å². The molecule has 0 saturated heterocycles. The molecule has 0 aliphatic carbocycles. The van der Waals surface area contributed by atoms with Gasteiger partial charge in [0.1, 0.15) is 0 Å². The summed E-state index contributed by atoms with van der Waals surface area (Å²) in [6.45, 7) is 1.31. The average molecular weight is 415 g/mol.